The van der Waals surface area contributed by atoms with E-state index in [0.29, 0.717) is 0 Å². The fourth-order valence-corrected chi connectivity index (χ4v) is 2.35. The number of nitrogens with zero attached hydrogens (tertiary/aromatic N) is 1. The van der Waals surface area contributed by atoms with Crippen molar-refractivity contribution in [2.75, 3.05) is 12.0 Å². The van der Waals surface area contributed by atoms with Crippen LogP contribution in [0.1, 0.15) is 10.5 Å². The summed E-state index contributed by atoms with van der Waals surface area (Å²) in [6.07, 6.45) is 0.982. The second-order valence-corrected chi connectivity index (χ2v) is 5.55. The van der Waals surface area contributed by atoms with Crippen LogP contribution in [0.2, 0.25) is 0 Å². The van der Waals surface area contributed by atoms with Gasteiger partial charge in [0.1, 0.15) is 5.00 Å². The van der Waals surface area contributed by atoms with Crippen molar-refractivity contribution in [2.45, 2.75) is 4.34 Å². The van der Waals surface area contributed by atoms with Crippen molar-refractivity contribution in [2.24, 2.45) is 5.73 Å². The summed E-state index contributed by atoms with van der Waals surface area (Å²) < 4.78 is 21.7. The summed E-state index contributed by atoms with van der Waals surface area (Å²) in [6, 6.07) is 0. The Kier molecular flexibility index (Phi) is 2.26. The predicted octanol–water partition coefficient (Wildman–Crippen LogP) is -0.772. The van der Waals surface area contributed by atoms with Crippen molar-refractivity contribution >= 4 is 32.1 Å². The Morgan fingerprint density at radius 3 is 2.31 bits per heavy atom. The summed E-state index contributed by atoms with van der Waals surface area (Å²) in [7, 11) is -3.42. The zero-order valence-corrected chi connectivity index (χ0v) is 8.28. The van der Waals surface area contributed by atoms with E-state index in [1.54, 1.807) is 0 Å². The Morgan fingerprint density at radius 1 is 1.54 bits per heavy atom. The highest BCUT2D eigenvalue weighted by Crippen LogP contribution is 2.24. The maximum atomic E-state index is 11.0. The highest BCUT2D eigenvalue weighted by Gasteiger charge is 2.19. The van der Waals surface area contributed by atoms with Gasteiger partial charge in [-0.15, -0.1) is 0 Å². The smallest absolute Gasteiger partial charge is 0.270 e. The fraction of sp³-hybridized carbons (Fsp3) is 0.200. The number of rotatable bonds is 2. The largest absolute Gasteiger partial charge is 0.389 e. The topological polar surface area (TPSA) is 116 Å². The normalized spacial score (nSPS) is 11.5. The first-order valence-electron chi connectivity index (χ1n) is 3.08. The van der Waals surface area contributed by atoms with Gasteiger partial charge < -0.3 is 11.5 Å². The van der Waals surface area contributed by atoms with E-state index in [-0.39, 0.29) is 15.0 Å². The van der Waals surface area contributed by atoms with Gasteiger partial charge in [-0.2, -0.15) is 0 Å². The van der Waals surface area contributed by atoms with Gasteiger partial charge in [-0.05, 0) is 0 Å². The third kappa shape index (κ3) is 1.95. The van der Waals surface area contributed by atoms with Gasteiger partial charge in [-0.3, -0.25) is 4.79 Å². The maximum Gasteiger partial charge on any atom is 0.270 e. The highest BCUT2D eigenvalue weighted by atomic mass is 32.2. The molecule has 1 aromatic heterocycles. The highest BCUT2D eigenvalue weighted by molar-refractivity contribution is 7.92. The first-order valence-corrected chi connectivity index (χ1v) is 5.79. The lowest BCUT2D eigenvalue weighted by atomic mass is 10.4. The van der Waals surface area contributed by atoms with Crippen molar-refractivity contribution in [3.63, 3.8) is 0 Å². The van der Waals surface area contributed by atoms with Gasteiger partial charge in [-0.1, -0.05) is 11.3 Å². The Morgan fingerprint density at radius 2 is 2.08 bits per heavy atom. The van der Waals surface area contributed by atoms with Crippen LogP contribution in [0.5, 0.6) is 0 Å². The summed E-state index contributed by atoms with van der Waals surface area (Å²) in [5, 5.41) is 0.0212. The van der Waals surface area contributed by atoms with Crippen LogP contribution in [-0.4, -0.2) is 25.6 Å². The minimum atomic E-state index is -3.42. The minimum Gasteiger partial charge on any atom is -0.389 e. The Balaban J connectivity index is 3.33. The molecule has 72 valence electrons. The average Bonchev–Trinajstić information content (AvgIpc) is 2.29. The van der Waals surface area contributed by atoms with Crippen LogP contribution in [0.25, 0.3) is 0 Å². The van der Waals surface area contributed by atoms with Crippen LogP contribution in [0.15, 0.2) is 4.34 Å². The molecule has 1 amide bonds. The molecule has 1 aromatic rings. The molecule has 0 bridgehead atoms. The van der Waals surface area contributed by atoms with Crippen molar-refractivity contribution in [1.82, 2.24) is 4.98 Å². The van der Waals surface area contributed by atoms with E-state index in [1.165, 1.54) is 0 Å². The fourth-order valence-electron chi connectivity index (χ4n) is 0.647. The number of anilines is 1. The summed E-state index contributed by atoms with van der Waals surface area (Å²) in [5.41, 5.74) is 10.0. The lowest BCUT2D eigenvalue weighted by Crippen LogP contribution is -2.13. The van der Waals surface area contributed by atoms with Gasteiger partial charge >= 0.3 is 0 Å². The quantitative estimate of drug-likeness (QED) is 0.680. The van der Waals surface area contributed by atoms with E-state index in [4.69, 9.17) is 11.5 Å². The zero-order valence-electron chi connectivity index (χ0n) is 6.64. The molecular weight excluding hydrogens is 214 g/mol. The van der Waals surface area contributed by atoms with Gasteiger partial charge in [0, 0.05) is 6.26 Å². The lowest BCUT2D eigenvalue weighted by molar-refractivity contribution is 0.0996. The van der Waals surface area contributed by atoms with Crippen LogP contribution in [0.4, 0.5) is 5.00 Å². The number of sulfone groups is 1. The first-order chi connectivity index (χ1) is 5.82. The number of carbonyl (C=O) groups is 1. The Bertz CT molecular complexity index is 448. The molecular formula is C5H7N3O3S2. The molecule has 0 aliphatic heterocycles. The van der Waals surface area contributed by atoms with Crippen LogP contribution in [-0.2, 0) is 9.84 Å². The SMILES string of the molecule is CS(=O)(=O)c1nc(C(N)=O)c(N)s1. The van der Waals surface area contributed by atoms with Gasteiger partial charge in [0.15, 0.2) is 5.69 Å². The number of nitrogen functional groups attached to an aromatic ring is 1. The second kappa shape index (κ2) is 2.96. The molecule has 4 N–H and O–H groups in total. The molecule has 0 aliphatic rings. The number of nitrogens with two attached hydrogens (primary N) is 2. The average molecular weight is 221 g/mol. The maximum absolute atomic E-state index is 11.0. The van der Waals surface area contributed by atoms with Crippen molar-refractivity contribution in [1.29, 1.82) is 0 Å². The standard InChI is InChI=1S/C5H7N3O3S2/c1-13(10,11)5-8-2(3(6)9)4(7)12-5/h7H2,1H3,(H2,6,9). The molecule has 8 heteroatoms. The molecule has 0 aliphatic carbocycles. The van der Waals surface area contributed by atoms with Crippen LogP contribution in [0, 0.1) is 0 Å². The third-order valence-electron chi connectivity index (χ3n) is 1.18. The van der Waals surface area contributed by atoms with Crippen LogP contribution in [0.3, 0.4) is 0 Å². The molecule has 0 saturated carbocycles. The lowest BCUT2D eigenvalue weighted by Gasteiger charge is -1.87. The van der Waals surface area contributed by atoms with Gasteiger partial charge in [0.2, 0.25) is 14.2 Å². The van der Waals surface area contributed by atoms with Crippen molar-refractivity contribution < 1.29 is 13.2 Å². The number of thiazole rings is 1. The number of hydrogen-bond acceptors (Lipinski definition) is 6. The Labute approximate surface area is 78.5 Å². The summed E-state index contributed by atoms with van der Waals surface area (Å²) in [6.45, 7) is 0. The number of primary amides is 1. The van der Waals surface area contributed by atoms with E-state index in [9.17, 15) is 13.2 Å². The second-order valence-electron chi connectivity index (χ2n) is 2.33. The Hall–Kier alpha value is -1.15. The van der Waals surface area contributed by atoms with Gasteiger partial charge in [-0.25, -0.2) is 13.4 Å². The summed E-state index contributed by atoms with van der Waals surface area (Å²) >= 11 is 0.727. The van der Waals surface area contributed by atoms with E-state index >= 15 is 0 Å². The molecule has 13 heavy (non-hydrogen) atoms. The molecule has 0 atom stereocenters. The van der Waals surface area contributed by atoms with Crippen LogP contribution < -0.4 is 11.5 Å². The molecule has 0 aromatic carbocycles. The monoisotopic (exact) mass is 221 g/mol. The zero-order chi connectivity index (χ0) is 10.2. The summed E-state index contributed by atoms with van der Waals surface area (Å²) in [5.74, 6) is -0.830. The number of hydrogen-bond donors (Lipinski definition) is 2. The minimum absolute atomic E-state index is 0.0212. The molecule has 0 radical (unpaired) electrons. The molecule has 0 fully saturated rings. The van der Waals surface area contributed by atoms with Gasteiger partial charge in [0.05, 0.1) is 0 Å². The number of amides is 1. The summed E-state index contributed by atoms with van der Waals surface area (Å²) in [4.78, 5) is 14.2. The van der Waals surface area contributed by atoms with E-state index in [1.807, 2.05) is 0 Å². The predicted molar refractivity (Wildman–Crippen MR) is 48.2 cm³/mol. The van der Waals surface area contributed by atoms with E-state index in [0.717, 1.165) is 17.6 Å². The van der Waals surface area contributed by atoms with E-state index in [2.05, 4.69) is 4.98 Å². The van der Waals surface area contributed by atoms with Crippen molar-refractivity contribution in [3.05, 3.63) is 5.69 Å². The van der Waals surface area contributed by atoms with Gasteiger partial charge in [0.25, 0.3) is 5.91 Å². The number of carbonyl (C=O) groups excluding carboxylic acids is 1. The molecule has 6 nitrogen and oxygen atoms in total. The van der Waals surface area contributed by atoms with Crippen LogP contribution >= 0.6 is 11.3 Å². The molecule has 0 saturated heterocycles. The molecule has 1 heterocycles. The molecule has 0 unspecified atom stereocenters. The molecule has 1 rings (SSSR count). The number of aromatic nitrogens is 1. The first kappa shape index (κ1) is 9.93. The molecule has 0 spiro atoms. The third-order valence-corrected chi connectivity index (χ3v) is 3.75. The van der Waals surface area contributed by atoms with Crippen molar-refractivity contribution in [3.8, 4) is 0 Å². The van der Waals surface area contributed by atoms with E-state index < -0.39 is 15.7 Å².